The lowest BCUT2D eigenvalue weighted by molar-refractivity contribution is -0.174. The van der Waals surface area contributed by atoms with Crippen molar-refractivity contribution in [1.82, 2.24) is 0 Å². The Labute approximate surface area is 224 Å². The van der Waals surface area contributed by atoms with Gasteiger partial charge in [-0.25, -0.2) is 0 Å². The average Bonchev–Trinajstić information content (AvgIpc) is 3.45. The maximum Gasteiger partial charge on any atom is 0.227 e. The normalized spacial score (nSPS) is 43.5. The summed E-state index contributed by atoms with van der Waals surface area (Å²) in [5, 5.41) is 22.2. The summed E-state index contributed by atoms with van der Waals surface area (Å²) in [5.74, 6) is 3.74. The van der Waals surface area contributed by atoms with Crippen LogP contribution in [0.2, 0.25) is 0 Å². The molecule has 5 aliphatic rings. The Bertz CT molecular complexity index is 1040. The molecule has 0 saturated heterocycles. The topological polar surface area (TPSA) is 60.8 Å². The second-order valence-corrected chi connectivity index (χ2v) is 14.3. The number of aliphatic hydroxyl groups is 2. The molecule has 0 radical (unpaired) electrons. The molecule has 1 aliphatic heterocycles. The summed E-state index contributed by atoms with van der Waals surface area (Å²) >= 11 is 0. The molecule has 1 amide bonds. The summed E-state index contributed by atoms with van der Waals surface area (Å²) in [6, 6.07) is 6.50. The number of aliphatic hydroxyl groups excluding tert-OH is 2. The van der Waals surface area contributed by atoms with Crippen LogP contribution in [0.3, 0.4) is 0 Å². The SMILES string of the molecule is Cc1ccc2c(c1)N(C(=O)CC[C@@H](C)[C@H]1CC[C@H]3[C@@H]4CC[C@@H]5C[C@H](O)CC[C@]5(C)[C@H]4C[C@H](O)[C@]13C)CC2. The molecule has 1 aromatic carbocycles. The lowest BCUT2D eigenvalue weighted by Crippen LogP contribution is -2.58. The highest BCUT2D eigenvalue weighted by molar-refractivity contribution is 5.95. The predicted molar refractivity (Wildman–Crippen MR) is 148 cm³/mol. The van der Waals surface area contributed by atoms with E-state index < -0.39 is 0 Å². The number of hydrogen-bond acceptors (Lipinski definition) is 3. The van der Waals surface area contributed by atoms with Crippen molar-refractivity contribution in [2.24, 2.45) is 46.3 Å². The van der Waals surface area contributed by atoms with E-state index in [-0.39, 0.29) is 28.9 Å². The van der Waals surface area contributed by atoms with Crippen molar-refractivity contribution in [2.75, 3.05) is 11.4 Å². The number of carbonyl (C=O) groups excluding carboxylic acids is 1. The standard InChI is InChI=1S/C33H49NO3/c1-20-5-7-22-14-16-34(29(22)17-20)31(37)12-6-21(2)26-10-11-27-25-9-8-23-18-24(35)13-15-32(23,3)28(25)19-30(36)33(26,27)4/h5,7,17,21,23-28,30,35-36H,6,8-16,18-19H2,1-4H3/t21-,23-,24-,25+,26-,27+,28+,30+,32+,33-/m1/s1. The predicted octanol–water partition coefficient (Wildman–Crippen LogP) is 6.29. The number of aryl methyl sites for hydroxylation is 1. The Kier molecular flexibility index (Phi) is 6.55. The van der Waals surface area contributed by atoms with Crippen molar-refractivity contribution < 1.29 is 15.0 Å². The smallest absolute Gasteiger partial charge is 0.227 e. The first kappa shape index (κ1) is 25.9. The summed E-state index contributed by atoms with van der Waals surface area (Å²) in [6.45, 7) is 10.2. The van der Waals surface area contributed by atoms with Gasteiger partial charge in [-0.15, -0.1) is 0 Å². The molecule has 4 fully saturated rings. The van der Waals surface area contributed by atoms with Gasteiger partial charge in [0.1, 0.15) is 0 Å². The Morgan fingerprint density at radius 3 is 2.70 bits per heavy atom. The maximum atomic E-state index is 13.3. The summed E-state index contributed by atoms with van der Waals surface area (Å²) in [4.78, 5) is 15.3. The molecular weight excluding hydrogens is 458 g/mol. The molecule has 6 rings (SSSR count). The fourth-order valence-corrected chi connectivity index (χ4v) is 10.6. The van der Waals surface area contributed by atoms with E-state index in [1.54, 1.807) is 0 Å². The number of rotatable bonds is 4. The summed E-state index contributed by atoms with van der Waals surface area (Å²) in [7, 11) is 0. The first-order valence-corrected chi connectivity index (χ1v) is 15.4. The first-order chi connectivity index (χ1) is 17.6. The minimum Gasteiger partial charge on any atom is -0.393 e. The third-order valence-corrected chi connectivity index (χ3v) is 12.8. The van der Waals surface area contributed by atoms with Gasteiger partial charge in [-0.1, -0.05) is 32.9 Å². The van der Waals surface area contributed by atoms with Crippen LogP contribution >= 0.6 is 0 Å². The Balaban J connectivity index is 1.14. The number of fused-ring (bicyclic) bond motifs is 6. The van der Waals surface area contributed by atoms with E-state index in [0.717, 1.165) is 50.8 Å². The largest absolute Gasteiger partial charge is 0.393 e. The van der Waals surface area contributed by atoms with Crippen LogP contribution in [-0.4, -0.2) is 34.9 Å². The van der Waals surface area contributed by atoms with Crippen LogP contribution in [0, 0.1) is 53.3 Å². The van der Waals surface area contributed by atoms with Crippen molar-refractivity contribution in [2.45, 2.75) is 111 Å². The first-order valence-electron chi connectivity index (χ1n) is 15.4. The van der Waals surface area contributed by atoms with Gasteiger partial charge in [-0.3, -0.25) is 4.79 Å². The highest BCUT2D eigenvalue weighted by Gasteiger charge is 2.63. The quantitative estimate of drug-likeness (QED) is 0.503. The van der Waals surface area contributed by atoms with Crippen molar-refractivity contribution in [3.05, 3.63) is 29.3 Å². The van der Waals surface area contributed by atoms with E-state index in [0.29, 0.717) is 41.9 Å². The van der Waals surface area contributed by atoms with E-state index in [1.165, 1.54) is 36.8 Å². The van der Waals surface area contributed by atoms with Gasteiger partial charge in [-0.2, -0.15) is 0 Å². The summed E-state index contributed by atoms with van der Waals surface area (Å²) in [5.41, 5.74) is 3.89. The molecule has 0 spiro atoms. The number of amides is 1. The monoisotopic (exact) mass is 507 g/mol. The van der Waals surface area contributed by atoms with Crippen LogP contribution in [0.4, 0.5) is 5.69 Å². The van der Waals surface area contributed by atoms with Gasteiger partial charge in [-0.05, 0) is 135 Å². The van der Waals surface area contributed by atoms with Crippen molar-refractivity contribution in [1.29, 1.82) is 0 Å². The van der Waals surface area contributed by atoms with E-state index in [2.05, 4.69) is 45.9 Å². The molecule has 0 aromatic heterocycles. The average molecular weight is 508 g/mol. The molecule has 37 heavy (non-hydrogen) atoms. The van der Waals surface area contributed by atoms with Gasteiger partial charge in [0, 0.05) is 18.7 Å². The molecule has 1 heterocycles. The molecule has 2 N–H and O–H groups in total. The molecule has 1 aromatic rings. The number of hydrogen-bond donors (Lipinski definition) is 2. The summed E-state index contributed by atoms with van der Waals surface area (Å²) < 4.78 is 0. The number of benzene rings is 1. The van der Waals surface area contributed by atoms with Crippen LogP contribution in [-0.2, 0) is 11.2 Å². The molecule has 0 unspecified atom stereocenters. The minimum absolute atomic E-state index is 0.0294. The van der Waals surface area contributed by atoms with Gasteiger partial charge in [0.2, 0.25) is 5.91 Å². The second-order valence-electron chi connectivity index (χ2n) is 14.3. The number of carbonyl (C=O) groups is 1. The highest BCUT2D eigenvalue weighted by atomic mass is 16.3. The van der Waals surface area contributed by atoms with Gasteiger partial charge in [0.05, 0.1) is 12.2 Å². The molecule has 204 valence electrons. The van der Waals surface area contributed by atoms with E-state index in [1.807, 2.05) is 4.90 Å². The molecule has 0 bridgehead atoms. The fourth-order valence-electron chi connectivity index (χ4n) is 10.6. The third-order valence-electron chi connectivity index (χ3n) is 12.8. The van der Waals surface area contributed by atoms with Gasteiger partial charge in [0.15, 0.2) is 0 Å². The van der Waals surface area contributed by atoms with Gasteiger partial charge >= 0.3 is 0 Å². The maximum absolute atomic E-state index is 13.3. The Morgan fingerprint density at radius 2 is 1.89 bits per heavy atom. The zero-order valence-corrected chi connectivity index (χ0v) is 23.6. The Hall–Kier alpha value is -1.39. The zero-order valence-electron chi connectivity index (χ0n) is 23.6. The third kappa shape index (κ3) is 4.03. The van der Waals surface area contributed by atoms with Crippen LogP contribution in [0.15, 0.2) is 18.2 Å². The number of anilines is 1. The van der Waals surface area contributed by atoms with Crippen molar-refractivity contribution >= 4 is 11.6 Å². The van der Waals surface area contributed by atoms with E-state index >= 15 is 0 Å². The lowest BCUT2D eigenvalue weighted by atomic mass is 9.43. The van der Waals surface area contributed by atoms with Gasteiger partial charge in [0.25, 0.3) is 0 Å². The van der Waals surface area contributed by atoms with Crippen LogP contribution < -0.4 is 4.90 Å². The van der Waals surface area contributed by atoms with Crippen LogP contribution in [0.1, 0.15) is 96.1 Å². The molecule has 4 heteroatoms. The molecule has 10 atom stereocenters. The summed E-state index contributed by atoms with van der Waals surface area (Å²) in [6.07, 6.45) is 11.0. The lowest BCUT2D eigenvalue weighted by Gasteiger charge is -2.62. The van der Waals surface area contributed by atoms with Crippen molar-refractivity contribution in [3.63, 3.8) is 0 Å². The van der Waals surface area contributed by atoms with Gasteiger partial charge < -0.3 is 15.1 Å². The highest BCUT2D eigenvalue weighted by Crippen LogP contribution is 2.68. The molecular formula is C33H49NO3. The Morgan fingerprint density at radius 1 is 1.08 bits per heavy atom. The minimum atomic E-state index is -0.250. The fraction of sp³-hybridized carbons (Fsp3) is 0.788. The molecule has 4 nitrogen and oxygen atoms in total. The molecule has 4 saturated carbocycles. The van der Waals surface area contributed by atoms with Crippen molar-refractivity contribution in [3.8, 4) is 0 Å². The van der Waals surface area contributed by atoms with E-state index in [9.17, 15) is 15.0 Å². The van der Waals surface area contributed by atoms with Crippen LogP contribution in [0.5, 0.6) is 0 Å². The van der Waals surface area contributed by atoms with Crippen LogP contribution in [0.25, 0.3) is 0 Å². The second kappa shape index (κ2) is 9.37. The van der Waals surface area contributed by atoms with E-state index in [4.69, 9.17) is 0 Å². The molecule has 4 aliphatic carbocycles. The zero-order chi connectivity index (χ0) is 26.1. The number of nitrogens with zero attached hydrogens (tertiary/aromatic N) is 1.